The van der Waals surface area contributed by atoms with Crippen molar-refractivity contribution in [1.29, 1.82) is 0 Å². The number of hydrogen-bond acceptors (Lipinski definition) is 8. The molecule has 0 unspecified atom stereocenters. The number of aromatic nitrogens is 1. The molecule has 1 aromatic heterocycles. The van der Waals surface area contributed by atoms with Crippen LogP contribution in [0.1, 0.15) is 5.56 Å². The van der Waals surface area contributed by atoms with Gasteiger partial charge < -0.3 is 25.1 Å². The standard InChI is InChI=1S/C13H9ClF3N3O3.CH2O3.2K/c14-11-5-4-9(20(21)22)12(19-11)18-6-7-8(15)2-1-3-10(7)23-13(16)17;2-1(3)4;;/h1-5,13H,6H2,(H,18,19);(H2,2,3,4);;/q;;2*+1/p-2. The third kappa shape index (κ3) is 11.8. The largest absolute Gasteiger partial charge is 1.00 e. The molecule has 0 fully saturated rings. The first-order valence-electron chi connectivity index (χ1n) is 6.76. The van der Waals surface area contributed by atoms with Crippen LogP contribution >= 0.6 is 11.6 Å². The molecule has 0 aliphatic heterocycles. The summed E-state index contributed by atoms with van der Waals surface area (Å²) in [5.41, 5.74) is -0.606. The van der Waals surface area contributed by atoms with Gasteiger partial charge in [-0.25, -0.2) is 9.37 Å². The van der Waals surface area contributed by atoms with Crippen LogP contribution < -0.4 is 123 Å². The van der Waals surface area contributed by atoms with Crippen LogP contribution in [-0.4, -0.2) is 22.7 Å². The van der Waals surface area contributed by atoms with Gasteiger partial charge in [0.1, 0.15) is 16.7 Å². The number of nitro groups is 1. The zero-order chi connectivity index (χ0) is 20.6. The van der Waals surface area contributed by atoms with Crippen LogP contribution in [-0.2, 0) is 6.54 Å². The Bertz CT molecular complexity index is 831. The number of carbonyl (C=O) groups is 1. The van der Waals surface area contributed by atoms with Crippen molar-refractivity contribution in [2.45, 2.75) is 13.2 Å². The van der Waals surface area contributed by atoms with Crippen molar-refractivity contribution in [3.8, 4) is 5.75 Å². The molecule has 1 aromatic carbocycles. The molecule has 0 aliphatic rings. The second-order valence-corrected chi connectivity index (χ2v) is 4.84. The van der Waals surface area contributed by atoms with Gasteiger partial charge in [0.25, 0.3) is 0 Å². The SMILES string of the molecule is O=C([O-])[O-].O=[N+]([O-])c1ccc(Cl)nc1NCc1c(F)cccc1OC(F)F.[K+].[K+]. The molecule has 1 heterocycles. The summed E-state index contributed by atoms with van der Waals surface area (Å²) in [5, 5.41) is 30.1. The number of pyridine rings is 1. The summed E-state index contributed by atoms with van der Waals surface area (Å²) in [4.78, 5) is 22.3. The predicted molar refractivity (Wildman–Crippen MR) is 81.7 cm³/mol. The minimum absolute atomic E-state index is 0. The molecule has 0 saturated carbocycles. The van der Waals surface area contributed by atoms with Crippen molar-refractivity contribution >= 4 is 29.3 Å². The minimum Gasteiger partial charge on any atom is -0.652 e. The quantitative estimate of drug-likeness (QED) is 0.187. The Labute approximate surface area is 252 Å². The maximum atomic E-state index is 13.8. The van der Waals surface area contributed by atoms with Gasteiger partial charge in [-0.1, -0.05) is 17.7 Å². The molecule has 0 aliphatic carbocycles. The van der Waals surface area contributed by atoms with E-state index in [1.807, 2.05) is 0 Å². The second kappa shape index (κ2) is 15.7. The molecular formula is C14H9ClF3K2N3O6. The normalized spacial score (nSPS) is 9.28. The van der Waals surface area contributed by atoms with Crippen molar-refractivity contribution in [3.63, 3.8) is 0 Å². The van der Waals surface area contributed by atoms with Crippen molar-refractivity contribution in [3.05, 3.63) is 57.0 Å². The van der Waals surface area contributed by atoms with Crippen molar-refractivity contribution in [2.75, 3.05) is 5.32 Å². The van der Waals surface area contributed by atoms with Gasteiger partial charge in [-0.2, -0.15) is 8.78 Å². The first-order chi connectivity index (χ1) is 12.6. The fourth-order valence-corrected chi connectivity index (χ4v) is 1.94. The molecule has 146 valence electrons. The van der Waals surface area contributed by atoms with Crippen LogP contribution in [0.4, 0.5) is 29.5 Å². The van der Waals surface area contributed by atoms with Crippen LogP contribution in [0, 0.1) is 15.9 Å². The van der Waals surface area contributed by atoms with Gasteiger partial charge in [-0.15, -0.1) is 0 Å². The minimum atomic E-state index is -3.13. The Morgan fingerprint density at radius 1 is 1.24 bits per heavy atom. The predicted octanol–water partition coefficient (Wildman–Crippen LogP) is -4.44. The number of anilines is 1. The summed E-state index contributed by atoms with van der Waals surface area (Å²) in [5.74, 6) is -1.40. The summed E-state index contributed by atoms with van der Waals surface area (Å²) >= 11 is 5.66. The maximum Gasteiger partial charge on any atom is 1.00 e. The molecule has 0 amide bonds. The summed E-state index contributed by atoms with van der Waals surface area (Å²) in [6.07, 6.45) is -2.33. The Morgan fingerprint density at radius 2 is 1.83 bits per heavy atom. The Kier molecular flexibility index (Phi) is 16.9. The van der Waals surface area contributed by atoms with E-state index in [0.29, 0.717) is 0 Å². The molecule has 0 radical (unpaired) electrons. The molecule has 15 heteroatoms. The number of nitrogens with one attached hydrogen (secondary N) is 1. The third-order valence-corrected chi connectivity index (χ3v) is 2.97. The van der Waals surface area contributed by atoms with Gasteiger partial charge in [-0.05, 0) is 24.4 Å². The van der Waals surface area contributed by atoms with Crippen LogP contribution in [0.5, 0.6) is 5.75 Å². The molecule has 2 rings (SSSR count). The number of alkyl halides is 2. The van der Waals surface area contributed by atoms with Crippen LogP contribution in [0.25, 0.3) is 0 Å². The van der Waals surface area contributed by atoms with E-state index >= 15 is 0 Å². The number of nitrogens with zero attached hydrogens (tertiary/aromatic N) is 2. The molecule has 0 spiro atoms. The van der Waals surface area contributed by atoms with E-state index in [-0.39, 0.29) is 137 Å². The van der Waals surface area contributed by atoms with Crippen LogP contribution in [0.2, 0.25) is 5.15 Å². The average Bonchev–Trinajstić information content (AvgIpc) is 2.53. The van der Waals surface area contributed by atoms with Crippen LogP contribution in [0.15, 0.2) is 30.3 Å². The zero-order valence-electron chi connectivity index (χ0n) is 15.0. The number of halogens is 4. The second-order valence-electron chi connectivity index (χ2n) is 4.46. The average molecular weight is 486 g/mol. The molecule has 0 atom stereocenters. The van der Waals surface area contributed by atoms with E-state index in [2.05, 4.69) is 15.0 Å². The van der Waals surface area contributed by atoms with Gasteiger partial charge in [0.05, 0.1) is 4.92 Å². The number of hydrogen-bond donors (Lipinski definition) is 1. The van der Waals surface area contributed by atoms with E-state index in [1.54, 1.807) is 0 Å². The molecular weight excluding hydrogens is 477 g/mol. The molecule has 29 heavy (non-hydrogen) atoms. The molecule has 2 aromatic rings. The van der Waals surface area contributed by atoms with Crippen molar-refractivity contribution in [2.24, 2.45) is 0 Å². The fraction of sp³-hybridized carbons (Fsp3) is 0.143. The van der Waals surface area contributed by atoms with E-state index in [0.717, 1.165) is 18.2 Å². The molecule has 1 N–H and O–H groups in total. The van der Waals surface area contributed by atoms with Gasteiger partial charge in [-0.3, -0.25) is 10.1 Å². The zero-order valence-corrected chi connectivity index (χ0v) is 22.0. The monoisotopic (exact) mass is 485 g/mol. The van der Waals surface area contributed by atoms with E-state index in [4.69, 9.17) is 26.6 Å². The summed E-state index contributed by atoms with van der Waals surface area (Å²) in [7, 11) is 0. The maximum absolute atomic E-state index is 13.8. The Hall–Kier alpha value is -0.00727. The number of carboxylic acid groups (broad SMARTS) is 2. The number of ether oxygens (including phenoxy) is 1. The Balaban J connectivity index is 0. The summed E-state index contributed by atoms with van der Waals surface area (Å²) in [6.45, 7) is -3.49. The molecule has 0 saturated heterocycles. The van der Waals surface area contributed by atoms with Gasteiger partial charge in [0.15, 0.2) is 0 Å². The smallest absolute Gasteiger partial charge is 0.652 e. The summed E-state index contributed by atoms with van der Waals surface area (Å²) < 4.78 is 42.7. The van der Waals surface area contributed by atoms with Gasteiger partial charge in [0.2, 0.25) is 5.82 Å². The molecule has 0 bridgehead atoms. The first kappa shape index (κ1) is 31.2. The fourth-order valence-electron chi connectivity index (χ4n) is 1.79. The van der Waals surface area contributed by atoms with E-state index < -0.39 is 23.5 Å². The van der Waals surface area contributed by atoms with Gasteiger partial charge in [0, 0.05) is 18.2 Å². The number of carbonyl (C=O) groups excluding carboxylic acids is 1. The Morgan fingerprint density at radius 3 is 2.34 bits per heavy atom. The number of benzene rings is 1. The van der Waals surface area contributed by atoms with E-state index in [9.17, 15) is 23.3 Å². The molecule has 9 nitrogen and oxygen atoms in total. The topological polar surface area (TPSA) is 140 Å². The van der Waals surface area contributed by atoms with E-state index in [1.165, 1.54) is 12.1 Å². The van der Waals surface area contributed by atoms with Crippen molar-refractivity contribution in [1.82, 2.24) is 4.98 Å². The van der Waals surface area contributed by atoms with Gasteiger partial charge >= 0.3 is 115 Å². The number of rotatable bonds is 6. The first-order valence-corrected chi connectivity index (χ1v) is 7.14. The van der Waals surface area contributed by atoms with Crippen molar-refractivity contribution < 1.29 is 141 Å². The third-order valence-electron chi connectivity index (χ3n) is 2.76. The van der Waals surface area contributed by atoms with Crippen LogP contribution in [0.3, 0.4) is 0 Å². The summed E-state index contributed by atoms with van der Waals surface area (Å²) in [6, 6.07) is 5.76.